The third-order valence-corrected chi connectivity index (χ3v) is 3.50. The van der Waals surface area contributed by atoms with E-state index in [1.165, 1.54) is 0 Å². The number of benzene rings is 1. The molecule has 114 valence electrons. The van der Waals surface area contributed by atoms with Crippen molar-refractivity contribution >= 4 is 23.4 Å². The predicted molar refractivity (Wildman–Crippen MR) is 80.4 cm³/mol. The van der Waals surface area contributed by atoms with Crippen molar-refractivity contribution in [3.05, 3.63) is 29.3 Å². The normalized spacial score (nSPS) is 13.6. The Labute approximate surface area is 129 Å². The minimum Gasteiger partial charge on any atom is -0.484 e. The summed E-state index contributed by atoms with van der Waals surface area (Å²) in [5.41, 5.74) is 0. The molecule has 0 atom stereocenters. The van der Waals surface area contributed by atoms with Crippen LogP contribution < -0.4 is 10.1 Å². The number of halogens is 1. The number of rotatable bonds is 7. The van der Waals surface area contributed by atoms with Crippen molar-refractivity contribution in [1.29, 1.82) is 0 Å². The maximum atomic E-state index is 11.7. The van der Waals surface area contributed by atoms with Crippen LogP contribution in [0.4, 0.5) is 0 Å². The summed E-state index contributed by atoms with van der Waals surface area (Å²) in [5, 5.41) is 3.37. The molecule has 1 fully saturated rings. The fraction of sp³-hybridized carbons (Fsp3) is 0.467. The molecule has 0 bridgehead atoms. The van der Waals surface area contributed by atoms with Gasteiger partial charge in [-0.25, -0.2) is 0 Å². The van der Waals surface area contributed by atoms with E-state index < -0.39 is 0 Å². The minimum atomic E-state index is -0.204. The van der Waals surface area contributed by atoms with Crippen LogP contribution >= 0.6 is 11.6 Å². The summed E-state index contributed by atoms with van der Waals surface area (Å²) in [6, 6.07) is 7.19. The van der Waals surface area contributed by atoms with Gasteiger partial charge >= 0.3 is 0 Å². The van der Waals surface area contributed by atoms with Gasteiger partial charge in [-0.05, 0) is 37.1 Å². The molecule has 0 heterocycles. The van der Waals surface area contributed by atoms with Crippen LogP contribution in [0.15, 0.2) is 24.3 Å². The number of amides is 2. The van der Waals surface area contributed by atoms with Gasteiger partial charge in [0.25, 0.3) is 5.91 Å². The van der Waals surface area contributed by atoms with Gasteiger partial charge in [0, 0.05) is 31.1 Å². The molecule has 1 N–H and O–H groups in total. The average molecular weight is 311 g/mol. The van der Waals surface area contributed by atoms with E-state index in [1.54, 1.807) is 36.1 Å². The van der Waals surface area contributed by atoms with Crippen molar-refractivity contribution in [2.24, 2.45) is 0 Å². The summed E-state index contributed by atoms with van der Waals surface area (Å²) in [6.45, 7) is 2.50. The Morgan fingerprint density at radius 2 is 2.00 bits per heavy atom. The summed E-state index contributed by atoms with van der Waals surface area (Å²) in [4.78, 5) is 24.9. The Kier molecular flexibility index (Phi) is 5.44. The summed E-state index contributed by atoms with van der Waals surface area (Å²) < 4.78 is 5.34. The van der Waals surface area contributed by atoms with E-state index in [9.17, 15) is 9.59 Å². The third kappa shape index (κ3) is 5.27. The van der Waals surface area contributed by atoms with Crippen LogP contribution in [0, 0.1) is 0 Å². The fourth-order valence-corrected chi connectivity index (χ4v) is 2.16. The molecule has 0 radical (unpaired) electrons. The van der Waals surface area contributed by atoms with Crippen molar-refractivity contribution in [1.82, 2.24) is 10.2 Å². The van der Waals surface area contributed by atoms with Gasteiger partial charge in [-0.15, -0.1) is 0 Å². The molecule has 21 heavy (non-hydrogen) atoms. The summed E-state index contributed by atoms with van der Waals surface area (Å²) >= 11 is 5.76. The molecule has 1 aliphatic carbocycles. The Balaban J connectivity index is 1.65. The maximum Gasteiger partial charge on any atom is 0.258 e. The van der Waals surface area contributed by atoms with Gasteiger partial charge in [0.1, 0.15) is 5.75 Å². The van der Waals surface area contributed by atoms with Crippen LogP contribution in [-0.2, 0) is 9.59 Å². The second-order valence-electron chi connectivity index (χ2n) is 5.04. The largest absolute Gasteiger partial charge is 0.484 e. The van der Waals surface area contributed by atoms with Crippen LogP contribution in [0.3, 0.4) is 0 Å². The number of nitrogens with one attached hydrogen (secondary N) is 1. The quantitative estimate of drug-likeness (QED) is 0.836. The molecular formula is C15H19ClN2O3. The zero-order chi connectivity index (χ0) is 15.2. The molecule has 0 aromatic heterocycles. The first kappa shape index (κ1) is 15.6. The first-order valence-electron chi connectivity index (χ1n) is 6.98. The van der Waals surface area contributed by atoms with Crippen molar-refractivity contribution in [2.75, 3.05) is 19.7 Å². The molecule has 1 aromatic rings. The smallest absolute Gasteiger partial charge is 0.258 e. The van der Waals surface area contributed by atoms with E-state index in [0.29, 0.717) is 29.9 Å². The van der Waals surface area contributed by atoms with Crippen LogP contribution in [0.2, 0.25) is 5.02 Å². The maximum absolute atomic E-state index is 11.7. The topological polar surface area (TPSA) is 58.6 Å². The highest BCUT2D eigenvalue weighted by Crippen LogP contribution is 2.26. The highest BCUT2D eigenvalue weighted by molar-refractivity contribution is 6.30. The number of carbonyl (C=O) groups is 2. The van der Waals surface area contributed by atoms with Crippen molar-refractivity contribution in [3.63, 3.8) is 0 Å². The van der Waals surface area contributed by atoms with E-state index in [0.717, 1.165) is 12.8 Å². The molecule has 0 unspecified atom stereocenters. The second kappa shape index (κ2) is 7.31. The van der Waals surface area contributed by atoms with Gasteiger partial charge < -0.3 is 15.0 Å². The summed E-state index contributed by atoms with van der Waals surface area (Å²) in [5.74, 6) is 0.450. The molecule has 6 heteroatoms. The molecule has 0 spiro atoms. The SMILES string of the molecule is CC(=O)N(CCNC(=O)COc1ccc(Cl)cc1)C1CC1. The number of hydrogen-bond acceptors (Lipinski definition) is 3. The molecule has 1 saturated carbocycles. The van der Waals surface area contributed by atoms with Crippen LogP contribution in [0.25, 0.3) is 0 Å². The molecule has 1 aromatic carbocycles. The summed E-state index contributed by atoms with van der Waals surface area (Å²) in [6.07, 6.45) is 2.13. The predicted octanol–water partition coefficient (Wildman–Crippen LogP) is 1.85. The van der Waals surface area contributed by atoms with E-state index >= 15 is 0 Å². The van der Waals surface area contributed by atoms with Crippen LogP contribution in [0.1, 0.15) is 19.8 Å². The highest BCUT2D eigenvalue weighted by Gasteiger charge is 2.30. The molecule has 1 aliphatic rings. The molecule has 2 rings (SSSR count). The summed E-state index contributed by atoms with van der Waals surface area (Å²) in [7, 11) is 0. The lowest BCUT2D eigenvalue weighted by atomic mass is 10.3. The van der Waals surface area contributed by atoms with E-state index in [-0.39, 0.29) is 18.4 Å². The van der Waals surface area contributed by atoms with Gasteiger partial charge in [-0.2, -0.15) is 0 Å². The molecule has 5 nitrogen and oxygen atoms in total. The van der Waals surface area contributed by atoms with Gasteiger partial charge in [0.2, 0.25) is 5.91 Å². The van der Waals surface area contributed by atoms with Crippen LogP contribution in [0.5, 0.6) is 5.75 Å². The Morgan fingerprint density at radius 1 is 1.33 bits per heavy atom. The molecule has 0 aliphatic heterocycles. The Morgan fingerprint density at radius 3 is 2.57 bits per heavy atom. The molecule has 2 amide bonds. The third-order valence-electron chi connectivity index (χ3n) is 3.25. The number of hydrogen-bond donors (Lipinski definition) is 1. The number of ether oxygens (including phenoxy) is 1. The zero-order valence-electron chi connectivity index (χ0n) is 12.0. The zero-order valence-corrected chi connectivity index (χ0v) is 12.7. The Bertz CT molecular complexity index is 500. The highest BCUT2D eigenvalue weighted by atomic mass is 35.5. The second-order valence-corrected chi connectivity index (χ2v) is 5.47. The Hall–Kier alpha value is -1.75. The van der Waals surface area contributed by atoms with Gasteiger partial charge in [0.15, 0.2) is 6.61 Å². The lowest BCUT2D eigenvalue weighted by molar-refractivity contribution is -0.130. The molecular weight excluding hydrogens is 292 g/mol. The standard InChI is InChI=1S/C15H19ClN2O3/c1-11(19)18(13-4-5-13)9-8-17-15(20)10-21-14-6-2-12(16)3-7-14/h2-3,6-7,13H,4-5,8-10H2,1H3,(H,17,20). The van der Waals surface area contributed by atoms with E-state index in [4.69, 9.17) is 16.3 Å². The first-order chi connectivity index (χ1) is 10.1. The molecule has 0 saturated heterocycles. The van der Waals surface area contributed by atoms with Crippen LogP contribution in [-0.4, -0.2) is 42.5 Å². The van der Waals surface area contributed by atoms with Gasteiger partial charge in [-0.1, -0.05) is 11.6 Å². The fourth-order valence-electron chi connectivity index (χ4n) is 2.03. The van der Waals surface area contributed by atoms with E-state index in [1.807, 2.05) is 0 Å². The minimum absolute atomic E-state index is 0.0505. The van der Waals surface area contributed by atoms with Gasteiger partial charge in [-0.3, -0.25) is 9.59 Å². The average Bonchev–Trinajstić information content (AvgIpc) is 3.27. The monoisotopic (exact) mass is 310 g/mol. The number of carbonyl (C=O) groups excluding carboxylic acids is 2. The lowest BCUT2D eigenvalue weighted by Crippen LogP contribution is -2.40. The van der Waals surface area contributed by atoms with Crippen molar-refractivity contribution in [3.8, 4) is 5.75 Å². The first-order valence-corrected chi connectivity index (χ1v) is 7.36. The number of nitrogens with zero attached hydrogens (tertiary/aromatic N) is 1. The lowest BCUT2D eigenvalue weighted by Gasteiger charge is -2.20. The van der Waals surface area contributed by atoms with Crippen molar-refractivity contribution in [2.45, 2.75) is 25.8 Å². The van der Waals surface area contributed by atoms with E-state index in [2.05, 4.69) is 5.32 Å². The van der Waals surface area contributed by atoms with Crippen molar-refractivity contribution < 1.29 is 14.3 Å². The van der Waals surface area contributed by atoms with Gasteiger partial charge in [0.05, 0.1) is 0 Å².